The van der Waals surface area contributed by atoms with Gasteiger partial charge in [-0.05, 0) is 35.6 Å². The van der Waals surface area contributed by atoms with Crippen molar-refractivity contribution >= 4 is 33.1 Å². The lowest BCUT2D eigenvalue weighted by Crippen LogP contribution is -2.34. The summed E-state index contributed by atoms with van der Waals surface area (Å²) >= 11 is 1.61. The Hall–Kier alpha value is -1.94. The average Bonchev–Trinajstić information content (AvgIpc) is 3.03. The highest BCUT2D eigenvalue weighted by atomic mass is 32.2. The number of nitrogens with one attached hydrogen (secondary N) is 2. The van der Waals surface area contributed by atoms with Crippen molar-refractivity contribution < 1.29 is 18.3 Å². The monoisotopic (exact) mass is 383 g/mol. The Labute approximate surface area is 150 Å². The quantitative estimate of drug-likeness (QED) is 0.552. The maximum absolute atomic E-state index is 12.0. The molecule has 1 aromatic carbocycles. The SMILES string of the molecule is NS(=O)(=O)Cc1cccc(NC(=O)NC[C@H](CO)Cc2cccs2)c1. The van der Waals surface area contributed by atoms with E-state index in [0.717, 1.165) is 4.88 Å². The van der Waals surface area contributed by atoms with E-state index in [2.05, 4.69) is 10.6 Å². The molecule has 1 aromatic heterocycles. The van der Waals surface area contributed by atoms with Crippen LogP contribution in [-0.2, 0) is 22.2 Å². The minimum atomic E-state index is -3.63. The van der Waals surface area contributed by atoms with Crippen LogP contribution in [0.2, 0.25) is 0 Å². The van der Waals surface area contributed by atoms with Gasteiger partial charge in [0.05, 0.1) is 5.75 Å². The lowest BCUT2D eigenvalue weighted by Gasteiger charge is -2.15. The Balaban J connectivity index is 1.86. The lowest BCUT2D eigenvalue weighted by atomic mass is 10.1. The predicted molar refractivity (Wildman–Crippen MR) is 98.9 cm³/mol. The molecule has 25 heavy (non-hydrogen) atoms. The van der Waals surface area contributed by atoms with Crippen molar-refractivity contribution in [3.05, 3.63) is 52.2 Å². The van der Waals surface area contributed by atoms with Gasteiger partial charge < -0.3 is 15.7 Å². The highest BCUT2D eigenvalue weighted by Gasteiger charge is 2.12. The molecule has 2 rings (SSSR count). The maximum atomic E-state index is 12.0. The van der Waals surface area contributed by atoms with Crippen LogP contribution in [0.5, 0.6) is 0 Å². The summed E-state index contributed by atoms with van der Waals surface area (Å²) in [5, 5.41) is 21.8. The lowest BCUT2D eigenvalue weighted by molar-refractivity contribution is 0.218. The molecule has 9 heteroatoms. The van der Waals surface area contributed by atoms with Crippen LogP contribution in [0, 0.1) is 5.92 Å². The predicted octanol–water partition coefficient (Wildman–Crippen LogP) is 1.51. The molecule has 2 aromatic rings. The van der Waals surface area contributed by atoms with Crippen molar-refractivity contribution in [1.29, 1.82) is 0 Å². The highest BCUT2D eigenvalue weighted by Crippen LogP contribution is 2.15. The zero-order valence-electron chi connectivity index (χ0n) is 13.5. The van der Waals surface area contributed by atoms with Crippen molar-refractivity contribution in [2.24, 2.45) is 11.1 Å². The first kappa shape index (κ1) is 19.4. The number of rotatable bonds is 8. The molecule has 0 unspecified atom stereocenters. The first-order chi connectivity index (χ1) is 11.9. The number of carbonyl (C=O) groups is 1. The molecular weight excluding hydrogens is 362 g/mol. The number of hydrogen-bond acceptors (Lipinski definition) is 5. The minimum Gasteiger partial charge on any atom is -0.396 e. The number of aliphatic hydroxyl groups is 1. The van der Waals surface area contributed by atoms with Crippen molar-refractivity contribution in [1.82, 2.24) is 5.32 Å². The standard InChI is InChI=1S/C16H21N3O4S2/c17-25(22,23)11-12-3-1-4-14(7-12)19-16(21)18-9-13(10-20)8-15-5-2-6-24-15/h1-7,13,20H,8-11H2,(H2,17,22,23)(H2,18,19,21)/t13-/m1/s1. The third-order valence-electron chi connectivity index (χ3n) is 3.43. The van der Waals surface area contributed by atoms with Crippen LogP contribution in [0.15, 0.2) is 41.8 Å². The number of benzene rings is 1. The Morgan fingerprint density at radius 1 is 1.28 bits per heavy atom. The molecule has 0 radical (unpaired) electrons. The van der Waals surface area contributed by atoms with Gasteiger partial charge in [-0.3, -0.25) is 0 Å². The van der Waals surface area contributed by atoms with E-state index in [0.29, 0.717) is 24.2 Å². The fourth-order valence-electron chi connectivity index (χ4n) is 2.30. The van der Waals surface area contributed by atoms with Crippen LogP contribution >= 0.6 is 11.3 Å². The van der Waals surface area contributed by atoms with E-state index in [1.54, 1.807) is 35.6 Å². The molecule has 5 N–H and O–H groups in total. The second kappa shape index (κ2) is 8.95. The number of thiophene rings is 1. The van der Waals surface area contributed by atoms with E-state index in [-0.39, 0.29) is 18.3 Å². The summed E-state index contributed by atoms with van der Waals surface area (Å²) < 4.78 is 22.3. The summed E-state index contributed by atoms with van der Waals surface area (Å²) in [7, 11) is -3.63. The number of nitrogens with two attached hydrogens (primary N) is 1. The molecule has 0 saturated carbocycles. The number of urea groups is 1. The Morgan fingerprint density at radius 2 is 2.08 bits per heavy atom. The van der Waals surface area contributed by atoms with Crippen molar-refractivity contribution in [3.8, 4) is 0 Å². The second-order valence-corrected chi connectivity index (χ2v) is 8.32. The van der Waals surface area contributed by atoms with E-state index in [9.17, 15) is 18.3 Å². The number of anilines is 1. The third kappa shape index (κ3) is 7.22. The van der Waals surface area contributed by atoms with Gasteiger partial charge in [0.2, 0.25) is 10.0 Å². The topological polar surface area (TPSA) is 122 Å². The first-order valence-electron chi connectivity index (χ1n) is 7.63. The maximum Gasteiger partial charge on any atom is 0.319 e. The molecule has 1 atom stereocenters. The Kier molecular flexibility index (Phi) is 6.94. The van der Waals surface area contributed by atoms with Gasteiger partial charge in [-0.25, -0.2) is 18.4 Å². The van der Waals surface area contributed by atoms with Crippen LogP contribution in [0.1, 0.15) is 10.4 Å². The zero-order chi connectivity index (χ0) is 18.3. The fourth-order valence-corrected chi connectivity index (χ4v) is 3.76. The van der Waals surface area contributed by atoms with Crippen LogP contribution in [-0.4, -0.2) is 32.7 Å². The fraction of sp³-hybridized carbons (Fsp3) is 0.312. The summed E-state index contributed by atoms with van der Waals surface area (Å²) in [5.41, 5.74) is 0.962. The average molecular weight is 383 g/mol. The number of aliphatic hydroxyl groups excluding tert-OH is 1. The molecule has 0 fully saturated rings. The third-order valence-corrected chi connectivity index (χ3v) is 5.07. The van der Waals surface area contributed by atoms with Gasteiger partial charge in [0.15, 0.2) is 0 Å². The molecule has 0 aliphatic rings. The molecule has 0 bridgehead atoms. The second-order valence-electron chi connectivity index (χ2n) is 5.67. The van der Waals surface area contributed by atoms with E-state index < -0.39 is 16.1 Å². The molecular formula is C16H21N3O4S2. The summed E-state index contributed by atoms with van der Waals surface area (Å²) in [5.74, 6) is -0.365. The van der Waals surface area contributed by atoms with E-state index in [4.69, 9.17) is 5.14 Å². The van der Waals surface area contributed by atoms with Crippen molar-refractivity contribution in [2.45, 2.75) is 12.2 Å². The molecule has 136 valence electrons. The number of primary sulfonamides is 1. The van der Waals surface area contributed by atoms with Gasteiger partial charge in [0, 0.05) is 29.6 Å². The molecule has 0 aliphatic heterocycles. The van der Waals surface area contributed by atoms with Gasteiger partial charge in [0.1, 0.15) is 0 Å². The summed E-state index contributed by atoms with van der Waals surface area (Å²) in [4.78, 5) is 13.1. The van der Waals surface area contributed by atoms with Crippen LogP contribution in [0.25, 0.3) is 0 Å². The van der Waals surface area contributed by atoms with Crippen molar-refractivity contribution in [2.75, 3.05) is 18.5 Å². The largest absolute Gasteiger partial charge is 0.396 e. The van der Waals surface area contributed by atoms with Gasteiger partial charge in [-0.1, -0.05) is 18.2 Å². The number of sulfonamides is 1. The molecule has 0 saturated heterocycles. The van der Waals surface area contributed by atoms with Crippen LogP contribution in [0.3, 0.4) is 0 Å². The number of amides is 2. The van der Waals surface area contributed by atoms with E-state index in [1.165, 1.54) is 0 Å². The van der Waals surface area contributed by atoms with Gasteiger partial charge in [-0.15, -0.1) is 11.3 Å². The molecule has 1 heterocycles. The molecule has 0 spiro atoms. The Bertz CT molecular complexity index is 791. The number of hydrogen-bond donors (Lipinski definition) is 4. The normalized spacial score (nSPS) is 12.6. The van der Waals surface area contributed by atoms with Crippen molar-refractivity contribution in [3.63, 3.8) is 0 Å². The smallest absolute Gasteiger partial charge is 0.319 e. The molecule has 7 nitrogen and oxygen atoms in total. The van der Waals surface area contributed by atoms with Crippen LogP contribution in [0.4, 0.5) is 10.5 Å². The van der Waals surface area contributed by atoms with E-state index >= 15 is 0 Å². The van der Waals surface area contributed by atoms with E-state index in [1.807, 2.05) is 17.5 Å². The summed E-state index contributed by atoms with van der Waals surface area (Å²) in [6.07, 6.45) is 0.693. The van der Waals surface area contributed by atoms with Crippen LogP contribution < -0.4 is 15.8 Å². The molecule has 2 amide bonds. The summed E-state index contributed by atoms with van der Waals surface area (Å²) in [6.45, 7) is 0.305. The van der Waals surface area contributed by atoms with Gasteiger partial charge in [-0.2, -0.15) is 0 Å². The highest BCUT2D eigenvalue weighted by molar-refractivity contribution is 7.88. The Morgan fingerprint density at radius 3 is 2.72 bits per heavy atom. The number of carbonyl (C=O) groups excluding carboxylic acids is 1. The summed E-state index contributed by atoms with van der Waals surface area (Å²) in [6, 6.07) is 9.99. The van der Waals surface area contributed by atoms with Gasteiger partial charge >= 0.3 is 6.03 Å². The zero-order valence-corrected chi connectivity index (χ0v) is 15.1. The van der Waals surface area contributed by atoms with Gasteiger partial charge in [0.25, 0.3) is 0 Å². The first-order valence-corrected chi connectivity index (χ1v) is 10.2. The molecule has 0 aliphatic carbocycles. The minimum absolute atomic E-state index is 0.0258.